The van der Waals surface area contributed by atoms with Crippen LogP contribution in [0.5, 0.6) is 5.75 Å². The summed E-state index contributed by atoms with van der Waals surface area (Å²) in [5.74, 6) is -1.39. The van der Waals surface area contributed by atoms with Gasteiger partial charge in [0.1, 0.15) is 5.75 Å². The summed E-state index contributed by atoms with van der Waals surface area (Å²) in [6.07, 6.45) is 0. The van der Waals surface area contributed by atoms with Crippen molar-refractivity contribution in [2.24, 2.45) is 0 Å². The van der Waals surface area contributed by atoms with Gasteiger partial charge >= 0.3 is 5.97 Å². The van der Waals surface area contributed by atoms with Crippen molar-refractivity contribution in [1.29, 1.82) is 0 Å². The lowest BCUT2D eigenvalue weighted by atomic mass is 9.84. The normalized spacial score (nSPS) is 11.2. The molecule has 0 heterocycles. The van der Waals surface area contributed by atoms with Crippen LogP contribution in [0.15, 0.2) is 42.5 Å². The van der Waals surface area contributed by atoms with Crippen molar-refractivity contribution >= 4 is 11.8 Å². The largest absolute Gasteiger partial charge is 0.508 e. The highest BCUT2D eigenvalue weighted by molar-refractivity contribution is 6.14. The Balaban J connectivity index is 2.54. The predicted molar refractivity (Wildman–Crippen MR) is 83.6 cm³/mol. The fourth-order valence-corrected chi connectivity index (χ4v) is 2.30. The summed E-state index contributed by atoms with van der Waals surface area (Å²) in [5, 5.41) is 19.2. The average Bonchev–Trinajstić information content (AvgIpc) is 2.45. The molecule has 4 heteroatoms. The second-order valence-corrected chi connectivity index (χ2v) is 6.16. The Hall–Kier alpha value is -2.62. The number of carboxylic acids is 1. The van der Waals surface area contributed by atoms with E-state index in [1.807, 2.05) is 20.8 Å². The molecule has 0 radical (unpaired) electrons. The quantitative estimate of drug-likeness (QED) is 0.849. The minimum absolute atomic E-state index is 0.0297. The highest BCUT2D eigenvalue weighted by atomic mass is 16.4. The summed E-state index contributed by atoms with van der Waals surface area (Å²) in [4.78, 5) is 23.9. The number of hydrogen-bond donors (Lipinski definition) is 2. The van der Waals surface area contributed by atoms with Crippen molar-refractivity contribution in [3.05, 3.63) is 64.7 Å². The molecular formula is C18H18O4. The molecule has 0 aliphatic heterocycles. The van der Waals surface area contributed by atoms with Crippen LogP contribution in [0.1, 0.15) is 52.6 Å². The van der Waals surface area contributed by atoms with Crippen molar-refractivity contribution in [2.75, 3.05) is 0 Å². The summed E-state index contributed by atoms with van der Waals surface area (Å²) >= 11 is 0. The lowest BCUT2D eigenvalue weighted by Crippen LogP contribution is -2.14. The van der Waals surface area contributed by atoms with Gasteiger partial charge in [-0.2, -0.15) is 0 Å². The van der Waals surface area contributed by atoms with Gasteiger partial charge in [-0.1, -0.05) is 39.0 Å². The summed E-state index contributed by atoms with van der Waals surface area (Å²) in [7, 11) is 0. The van der Waals surface area contributed by atoms with Gasteiger partial charge in [0.05, 0.1) is 5.56 Å². The van der Waals surface area contributed by atoms with Gasteiger partial charge in [-0.3, -0.25) is 4.79 Å². The first-order chi connectivity index (χ1) is 10.2. The van der Waals surface area contributed by atoms with E-state index in [2.05, 4.69) is 0 Å². The van der Waals surface area contributed by atoms with Crippen LogP contribution in [0.2, 0.25) is 0 Å². The van der Waals surface area contributed by atoms with Gasteiger partial charge in [-0.15, -0.1) is 0 Å². The molecule has 2 aromatic carbocycles. The number of hydrogen-bond acceptors (Lipinski definition) is 3. The van der Waals surface area contributed by atoms with E-state index >= 15 is 0 Å². The number of carbonyl (C=O) groups is 2. The standard InChI is InChI=1S/C18H18O4/c1-18(2,3)14-10-11(8-9-15(14)19)16(20)12-6-4-5-7-13(12)17(21)22/h4-10,19H,1-3H3,(H,21,22). The van der Waals surface area contributed by atoms with Gasteiger partial charge in [-0.05, 0) is 35.2 Å². The molecule has 0 amide bonds. The molecule has 2 aromatic rings. The van der Waals surface area contributed by atoms with Crippen LogP contribution in [0.4, 0.5) is 0 Å². The fraction of sp³-hybridized carbons (Fsp3) is 0.222. The van der Waals surface area contributed by atoms with Gasteiger partial charge in [0, 0.05) is 11.1 Å². The number of ketones is 1. The molecule has 0 spiro atoms. The van der Waals surface area contributed by atoms with Crippen LogP contribution < -0.4 is 0 Å². The third kappa shape index (κ3) is 3.01. The molecule has 0 aliphatic carbocycles. The summed E-state index contributed by atoms with van der Waals surface area (Å²) < 4.78 is 0. The molecule has 0 unspecified atom stereocenters. The molecule has 2 N–H and O–H groups in total. The van der Waals surface area contributed by atoms with Gasteiger partial charge in [0.2, 0.25) is 0 Å². The molecule has 22 heavy (non-hydrogen) atoms. The molecular weight excluding hydrogens is 280 g/mol. The average molecular weight is 298 g/mol. The number of phenols is 1. The van der Waals surface area contributed by atoms with E-state index in [0.717, 1.165) is 0 Å². The van der Waals surface area contributed by atoms with Crippen LogP contribution in [-0.2, 0) is 5.41 Å². The second-order valence-electron chi connectivity index (χ2n) is 6.16. The SMILES string of the molecule is CC(C)(C)c1cc(C(=O)c2ccccc2C(=O)O)ccc1O. The topological polar surface area (TPSA) is 74.6 Å². The molecule has 0 saturated heterocycles. The Morgan fingerprint density at radius 3 is 2.09 bits per heavy atom. The maximum absolute atomic E-state index is 12.6. The third-order valence-corrected chi connectivity index (χ3v) is 3.47. The molecule has 2 rings (SSSR count). The van der Waals surface area contributed by atoms with Gasteiger partial charge in [0.25, 0.3) is 0 Å². The molecule has 114 valence electrons. The minimum Gasteiger partial charge on any atom is -0.508 e. The number of aromatic hydroxyl groups is 1. The zero-order valence-electron chi connectivity index (χ0n) is 12.8. The highest BCUT2D eigenvalue weighted by Gasteiger charge is 2.22. The van der Waals surface area contributed by atoms with Gasteiger partial charge < -0.3 is 10.2 Å². The Labute approximate surface area is 129 Å². The first-order valence-electron chi connectivity index (χ1n) is 6.92. The van der Waals surface area contributed by atoms with Crippen LogP contribution in [0, 0.1) is 0 Å². The molecule has 0 aliphatic rings. The monoisotopic (exact) mass is 298 g/mol. The summed E-state index contributed by atoms with van der Waals surface area (Å²) in [5.41, 5.74) is 0.785. The number of carboxylic acid groups (broad SMARTS) is 1. The van der Waals surface area contributed by atoms with Crippen LogP contribution in [0.25, 0.3) is 0 Å². The van der Waals surface area contributed by atoms with Crippen molar-refractivity contribution in [2.45, 2.75) is 26.2 Å². The van der Waals surface area contributed by atoms with E-state index in [0.29, 0.717) is 11.1 Å². The van der Waals surface area contributed by atoms with Crippen molar-refractivity contribution in [3.63, 3.8) is 0 Å². The van der Waals surface area contributed by atoms with Crippen LogP contribution >= 0.6 is 0 Å². The lowest BCUT2D eigenvalue weighted by molar-refractivity contribution is 0.0692. The first-order valence-corrected chi connectivity index (χ1v) is 6.92. The van der Waals surface area contributed by atoms with Crippen LogP contribution in [-0.4, -0.2) is 22.0 Å². The predicted octanol–water partition coefficient (Wildman–Crippen LogP) is 3.62. The first kappa shape index (κ1) is 15.8. The molecule has 0 fully saturated rings. The van der Waals surface area contributed by atoms with Crippen molar-refractivity contribution in [1.82, 2.24) is 0 Å². The van der Waals surface area contributed by atoms with Crippen molar-refractivity contribution in [3.8, 4) is 5.75 Å². The number of phenolic OH excluding ortho intramolecular Hbond substituents is 1. The van der Waals surface area contributed by atoms with Gasteiger partial charge in [0.15, 0.2) is 5.78 Å². The Morgan fingerprint density at radius 2 is 1.55 bits per heavy atom. The molecule has 4 nitrogen and oxygen atoms in total. The maximum Gasteiger partial charge on any atom is 0.336 e. The zero-order chi connectivity index (χ0) is 16.5. The van der Waals surface area contributed by atoms with E-state index in [-0.39, 0.29) is 28.1 Å². The molecule has 0 atom stereocenters. The Morgan fingerprint density at radius 1 is 0.955 bits per heavy atom. The van der Waals surface area contributed by atoms with E-state index in [1.54, 1.807) is 18.2 Å². The van der Waals surface area contributed by atoms with E-state index in [9.17, 15) is 19.8 Å². The molecule has 0 aromatic heterocycles. The fourth-order valence-electron chi connectivity index (χ4n) is 2.30. The molecule has 0 saturated carbocycles. The summed E-state index contributed by atoms with van der Waals surface area (Å²) in [6, 6.07) is 10.7. The number of aromatic carboxylic acids is 1. The molecule has 0 bridgehead atoms. The maximum atomic E-state index is 12.6. The second kappa shape index (κ2) is 5.64. The van der Waals surface area contributed by atoms with Crippen molar-refractivity contribution < 1.29 is 19.8 Å². The van der Waals surface area contributed by atoms with E-state index < -0.39 is 5.97 Å². The van der Waals surface area contributed by atoms with Gasteiger partial charge in [-0.25, -0.2) is 4.79 Å². The number of rotatable bonds is 3. The summed E-state index contributed by atoms with van der Waals surface area (Å²) in [6.45, 7) is 5.80. The third-order valence-electron chi connectivity index (χ3n) is 3.47. The Bertz CT molecular complexity index is 739. The van der Waals surface area contributed by atoms with Crippen LogP contribution in [0.3, 0.4) is 0 Å². The smallest absolute Gasteiger partial charge is 0.336 e. The number of benzene rings is 2. The number of carbonyl (C=O) groups excluding carboxylic acids is 1. The lowest BCUT2D eigenvalue weighted by Gasteiger charge is -2.21. The Kier molecular flexibility index (Phi) is 4.04. The minimum atomic E-state index is -1.14. The zero-order valence-corrected chi connectivity index (χ0v) is 12.8. The highest BCUT2D eigenvalue weighted by Crippen LogP contribution is 2.32. The van der Waals surface area contributed by atoms with E-state index in [4.69, 9.17) is 0 Å². The van der Waals surface area contributed by atoms with E-state index in [1.165, 1.54) is 24.3 Å².